The zero-order chi connectivity index (χ0) is 10.2. The van der Waals surface area contributed by atoms with Gasteiger partial charge in [-0.2, -0.15) is 0 Å². The molecule has 0 aromatic heterocycles. The predicted octanol–water partition coefficient (Wildman–Crippen LogP) is 1.27. The second-order valence-corrected chi connectivity index (χ2v) is 5.17. The van der Waals surface area contributed by atoms with Gasteiger partial charge in [0.1, 0.15) is 0 Å². The van der Waals surface area contributed by atoms with E-state index in [1.54, 1.807) is 0 Å². The predicted molar refractivity (Wildman–Crippen MR) is 55.4 cm³/mol. The molecule has 2 rings (SSSR count). The van der Waals surface area contributed by atoms with Crippen LogP contribution in [0.15, 0.2) is 0 Å². The Labute approximate surface area is 86.4 Å². The third kappa shape index (κ3) is 2.94. The summed E-state index contributed by atoms with van der Waals surface area (Å²) in [6.45, 7) is 10.7. The molecular weight excluding hydrogens is 178 g/mol. The monoisotopic (exact) mass is 199 g/mol. The lowest BCUT2D eigenvalue weighted by Crippen LogP contribution is -2.52. The van der Waals surface area contributed by atoms with Gasteiger partial charge < -0.3 is 9.47 Å². The molecular formula is C11H21NO2. The van der Waals surface area contributed by atoms with E-state index in [1.165, 1.54) is 6.42 Å². The van der Waals surface area contributed by atoms with Crippen LogP contribution in [0.3, 0.4) is 0 Å². The van der Waals surface area contributed by atoms with Crippen LogP contribution in [-0.4, -0.2) is 49.0 Å². The van der Waals surface area contributed by atoms with Gasteiger partial charge in [0.05, 0.1) is 24.4 Å². The molecule has 2 saturated heterocycles. The Morgan fingerprint density at radius 2 is 2.14 bits per heavy atom. The van der Waals surface area contributed by atoms with Crippen LogP contribution in [0.25, 0.3) is 0 Å². The van der Waals surface area contributed by atoms with E-state index in [0.717, 1.165) is 26.2 Å². The number of nitrogens with zero attached hydrogens (tertiary/aromatic N) is 1. The van der Waals surface area contributed by atoms with E-state index in [1.807, 2.05) is 0 Å². The molecule has 3 nitrogen and oxygen atoms in total. The van der Waals surface area contributed by atoms with Crippen molar-refractivity contribution in [1.82, 2.24) is 4.90 Å². The first-order chi connectivity index (χ1) is 6.55. The van der Waals surface area contributed by atoms with Crippen LogP contribution in [0.4, 0.5) is 0 Å². The summed E-state index contributed by atoms with van der Waals surface area (Å²) in [4.78, 5) is 2.50. The molecule has 0 aromatic rings. The third-order valence-corrected chi connectivity index (χ3v) is 2.81. The molecule has 0 aliphatic carbocycles. The zero-order valence-corrected chi connectivity index (χ0v) is 9.45. The van der Waals surface area contributed by atoms with Crippen molar-refractivity contribution in [2.75, 3.05) is 26.2 Å². The number of ether oxygens (including phenoxy) is 2. The van der Waals surface area contributed by atoms with Crippen LogP contribution in [0, 0.1) is 0 Å². The topological polar surface area (TPSA) is 25.0 Å². The molecule has 0 N–H and O–H groups in total. The molecule has 0 bridgehead atoms. The number of morpholine rings is 1. The molecule has 2 unspecified atom stereocenters. The molecule has 2 heterocycles. The van der Waals surface area contributed by atoms with E-state index in [2.05, 4.69) is 25.7 Å². The molecule has 82 valence electrons. The fourth-order valence-corrected chi connectivity index (χ4v) is 2.32. The Bertz CT molecular complexity index is 201. The normalized spacial score (nSPS) is 37.1. The number of epoxide rings is 1. The van der Waals surface area contributed by atoms with E-state index in [9.17, 15) is 0 Å². The van der Waals surface area contributed by atoms with Crippen molar-refractivity contribution in [2.24, 2.45) is 0 Å². The first-order valence-electron chi connectivity index (χ1n) is 5.57. The molecule has 0 saturated carbocycles. The minimum atomic E-state index is 0.0159. The maximum absolute atomic E-state index is 5.85. The lowest BCUT2D eigenvalue weighted by Gasteiger charge is -2.41. The third-order valence-electron chi connectivity index (χ3n) is 2.81. The van der Waals surface area contributed by atoms with Gasteiger partial charge in [-0.15, -0.1) is 0 Å². The minimum absolute atomic E-state index is 0.0159. The smallest absolute Gasteiger partial charge is 0.0822 e. The summed E-state index contributed by atoms with van der Waals surface area (Å²) in [6, 6.07) is 0. The summed E-state index contributed by atoms with van der Waals surface area (Å²) in [5.41, 5.74) is 0.0159. The average molecular weight is 199 g/mol. The van der Waals surface area contributed by atoms with Gasteiger partial charge in [-0.1, -0.05) is 0 Å². The Hall–Kier alpha value is -0.120. The van der Waals surface area contributed by atoms with E-state index >= 15 is 0 Å². The maximum atomic E-state index is 5.85. The standard InChI is InChI=1S/C11H21NO2/c1-9-6-12(5-4-10-7-13-10)8-11(2,3)14-9/h9-10H,4-8H2,1-3H3. The van der Waals surface area contributed by atoms with Crippen molar-refractivity contribution in [2.45, 2.75) is 45.0 Å². The quantitative estimate of drug-likeness (QED) is 0.640. The van der Waals surface area contributed by atoms with Crippen LogP contribution in [0.2, 0.25) is 0 Å². The number of hydrogen-bond acceptors (Lipinski definition) is 3. The highest BCUT2D eigenvalue weighted by atomic mass is 16.6. The van der Waals surface area contributed by atoms with Gasteiger partial charge in [-0.3, -0.25) is 4.90 Å². The van der Waals surface area contributed by atoms with Gasteiger partial charge in [-0.05, 0) is 27.2 Å². The zero-order valence-electron chi connectivity index (χ0n) is 9.45. The summed E-state index contributed by atoms with van der Waals surface area (Å²) in [5.74, 6) is 0. The fraction of sp³-hybridized carbons (Fsp3) is 1.00. The van der Waals surface area contributed by atoms with E-state index in [4.69, 9.17) is 9.47 Å². The van der Waals surface area contributed by atoms with Crippen LogP contribution in [0.5, 0.6) is 0 Å². The molecule has 2 aliphatic heterocycles. The van der Waals surface area contributed by atoms with Gasteiger partial charge in [0, 0.05) is 19.6 Å². The molecule has 0 amide bonds. The first kappa shape index (κ1) is 10.4. The molecule has 0 spiro atoms. The van der Waals surface area contributed by atoms with E-state index < -0.39 is 0 Å². The van der Waals surface area contributed by atoms with Crippen molar-refractivity contribution in [1.29, 1.82) is 0 Å². The van der Waals surface area contributed by atoms with Crippen molar-refractivity contribution in [3.8, 4) is 0 Å². The largest absolute Gasteiger partial charge is 0.373 e. The summed E-state index contributed by atoms with van der Waals surface area (Å²) in [6.07, 6.45) is 2.10. The molecule has 0 radical (unpaired) electrons. The SMILES string of the molecule is CC1CN(CCC2CO2)CC(C)(C)O1. The highest BCUT2D eigenvalue weighted by Gasteiger charge is 2.32. The summed E-state index contributed by atoms with van der Waals surface area (Å²) in [7, 11) is 0. The second-order valence-electron chi connectivity index (χ2n) is 5.17. The van der Waals surface area contributed by atoms with E-state index in [-0.39, 0.29) is 5.60 Å². The van der Waals surface area contributed by atoms with Crippen molar-refractivity contribution in [3.05, 3.63) is 0 Å². The lowest BCUT2D eigenvalue weighted by atomic mass is 10.1. The van der Waals surface area contributed by atoms with Gasteiger partial charge in [0.25, 0.3) is 0 Å². The van der Waals surface area contributed by atoms with Crippen molar-refractivity contribution < 1.29 is 9.47 Å². The first-order valence-corrected chi connectivity index (χ1v) is 5.57. The molecule has 2 atom stereocenters. The van der Waals surface area contributed by atoms with Gasteiger partial charge in [0.15, 0.2) is 0 Å². The average Bonchev–Trinajstić information content (AvgIpc) is 2.79. The number of rotatable bonds is 3. The van der Waals surface area contributed by atoms with Crippen LogP contribution >= 0.6 is 0 Å². The summed E-state index contributed by atoms with van der Waals surface area (Å²) >= 11 is 0. The Morgan fingerprint density at radius 1 is 1.43 bits per heavy atom. The Balaban J connectivity index is 1.78. The molecule has 2 fully saturated rings. The minimum Gasteiger partial charge on any atom is -0.373 e. The fourth-order valence-electron chi connectivity index (χ4n) is 2.32. The Kier molecular flexibility index (Phi) is 2.82. The van der Waals surface area contributed by atoms with Gasteiger partial charge in [0.2, 0.25) is 0 Å². The lowest BCUT2D eigenvalue weighted by molar-refractivity contribution is -0.128. The van der Waals surface area contributed by atoms with Crippen LogP contribution in [0.1, 0.15) is 27.2 Å². The second kappa shape index (κ2) is 3.80. The van der Waals surface area contributed by atoms with Crippen LogP contribution < -0.4 is 0 Å². The molecule has 3 heteroatoms. The van der Waals surface area contributed by atoms with Crippen LogP contribution in [-0.2, 0) is 9.47 Å². The summed E-state index contributed by atoms with van der Waals surface area (Å²) < 4.78 is 11.1. The van der Waals surface area contributed by atoms with Gasteiger partial charge >= 0.3 is 0 Å². The Morgan fingerprint density at radius 3 is 2.71 bits per heavy atom. The van der Waals surface area contributed by atoms with E-state index in [0.29, 0.717) is 12.2 Å². The molecule has 2 aliphatic rings. The highest BCUT2D eigenvalue weighted by Crippen LogP contribution is 2.22. The van der Waals surface area contributed by atoms with Crippen molar-refractivity contribution >= 4 is 0 Å². The van der Waals surface area contributed by atoms with Gasteiger partial charge in [-0.25, -0.2) is 0 Å². The molecule has 0 aromatic carbocycles. The maximum Gasteiger partial charge on any atom is 0.0822 e. The summed E-state index contributed by atoms with van der Waals surface area (Å²) in [5, 5.41) is 0. The number of hydrogen-bond donors (Lipinski definition) is 0. The highest BCUT2D eigenvalue weighted by molar-refractivity contribution is 4.83. The molecule has 14 heavy (non-hydrogen) atoms. The van der Waals surface area contributed by atoms with Crippen molar-refractivity contribution in [3.63, 3.8) is 0 Å².